The predicted octanol–water partition coefficient (Wildman–Crippen LogP) is 2.89. The van der Waals surface area contributed by atoms with E-state index in [-0.39, 0.29) is 16.9 Å². The monoisotopic (exact) mass is 197 g/mol. The molecule has 0 aromatic rings. The van der Waals surface area contributed by atoms with E-state index in [4.69, 9.17) is 0 Å². The lowest BCUT2D eigenvalue weighted by Gasteiger charge is -2.19. The SMILES string of the molecule is CC(C)(C)C/C=C/C(=O)NC(C)(C)C. The summed E-state index contributed by atoms with van der Waals surface area (Å²) in [6.07, 6.45) is 4.47. The average molecular weight is 197 g/mol. The quantitative estimate of drug-likeness (QED) is 0.678. The number of hydrogen-bond donors (Lipinski definition) is 1. The Morgan fingerprint density at radius 1 is 1.14 bits per heavy atom. The minimum Gasteiger partial charge on any atom is -0.348 e. The molecule has 0 radical (unpaired) electrons. The second-order valence-corrected chi connectivity index (χ2v) is 5.91. The van der Waals surface area contributed by atoms with Crippen LogP contribution >= 0.6 is 0 Å². The van der Waals surface area contributed by atoms with Crippen LogP contribution in [0.5, 0.6) is 0 Å². The molecule has 0 saturated heterocycles. The first kappa shape index (κ1) is 13.2. The summed E-state index contributed by atoms with van der Waals surface area (Å²) in [5.74, 6) is -0.0123. The summed E-state index contributed by atoms with van der Waals surface area (Å²) < 4.78 is 0. The van der Waals surface area contributed by atoms with Crippen LogP contribution in [0, 0.1) is 5.41 Å². The van der Waals surface area contributed by atoms with Gasteiger partial charge in [0.25, 0.3) is 0 Å². The van der Waals surface area contributed by atoms with Gasteiger partial charge in [-0.15, -0.1) is 0 Å². The molecule has 0 aliphatic rings. The third kappa shape index (κ3) is 9.30. The highest BCUT2D eigenvalue weighted by atomic mass is 16.1. The van der Waals surface area contributed by atoms with Gasteiger partial charge < -0.3 is 5.32 Å². The number of carbonyl (C=O) groups excluding carboxylic acids is 1. The first-order valence-electron chi connectivity index (χ1n) is 5.09. The number of nitrogens with one attached hydrogen (secondary N) is 1. The lowest BCUT2D eigenvalue weighted by atomic mass is 9.92. The van der Waals surface area contributed by atoms with Crippen LogP contribution < -0.4 is 5.32 Å². The number of hydrogen-bond acceptors (Lipinski definition) is 1. The normalized spacial score (nSPS) is 13.3. The van der Waals surface area contributed by atoms with Crippen molar-refractivity contribution in [3.8, 4) is 0 Å². The van der Waals surface area contributed by atoms with Gasteiger partial charge in [-0.05, 0) is 38.7 Å². The van der Waals surface area contributed by atoms with Gasteiger partial charge in [0.05, 0.1) is 0 Å². The van der Waals surface area contributed by atoms with E-state index in [1.54, 1.807) is 6.08 Å². The maximum Gasteiger partial charge on any atom is 0.244 e. The third-order valence-corrected chi connectivity index (χ3v) is 1.50. The third-order valence-electron chi connectivity index (χ3n) is 1.50. The summed E-state index contributed by atoms with van der Waals surface area (Å²) >= 11 is 0. The van der Waals surface area contributed by atoms with Gasteiger partial charge in [0, 0.05) is 5.54 Å². The van der Waals surface area contributed by atoms with E-state index in [0.717, 1.165) is 6.42 Å². The van der Waals surface area contributed by atoms with Crippen LogP contribution in [0.1, 0.15) is 48.0 Å². The first-order valence-corrected chi connectivity index (χ1v) is 5.09. The zero-order valence-electron chi connectivity index (χ0n) is 10.3. The Labute approximate surface area is 87.8 Å². The molecule has 0 aromatic carbocycles. The van der Waals surface area contributed by atoms with Gasteiger partial charge in [0.1, 0.15) is 0 Å². The van der Waals surface area contributed by atoms with Crippen molar-refractivity contribution in [3.05, 3.63) is 12.2 Å². The molecule has 14 heavy (non-hydrogen) atoms. The molecule has 0 aromatic heterocycles. The zero-order valence-corrected chi connectivity index (χ0v) is 10.3. The van der Waals surface area contributed by atoms with Crippen molar-refractivity contribution < 1.29 is 4.79 Å². The van der Waals surface area contributed by atoms with Crippen LogP contribution in [-0.4, -0.2) is 11.4 Å². The first-order chi connectivity index (χ1) is 6.10. The van der Waals surface area contributed by atoms with Crippen molar-refractivity contribution in [2.24, 2.45) is 5.41 Å². The fourth-order valence-corrected chi connectivity index (χ4v) is 0.931. The van der Waals surface area contributed by atoms with Crippen molar-refractivity contribution >= 4 is 5.91 Å². The molecule has 1 N–H and O–H groups in total. The predicted molar refractivity (Wildman–Crippen MR) is 61.1 cm³/mol. The van der Waals surface area contributed by atoms with Crippen molar-refractivity contribution in [3.63, 3.8) is 0 Å². The lowest BCUT2D eigenvalue weighted by molar-refractivity contribution is -0.117. The van der Waals surface area contributed by atoms with Crippen LogP contribution in [0.4, 0.5) is 0 Å². The van der Waals surface area contributed by atoms with E-state index < -0.39 is 0 Å². The smallest absolute Gasteiger partial charge is 0.244 e. The summed E-state index contributed by atoms with van der Waals surface area (Å²) in [6.45, 7) is 12.4. The maximum absolute atomic E-state index is 11.3. The molecule has 2 nitrogen and oxygen atoms in total. The van der Waals surface area contributed by atoms with Crippen molar-refractivity contribution in [2.45, 2.75) is 53.5 Å². The van der Waals surface area contributed by atoms with E-state index in [2.05, 4.69) is 26.1 Å². The van der Waals surface area contributed by atoms with Gasteiger partial charge in [0.2, 0.25) is 5.91 Å². The van der Waals surface area contributed by atoms with Crippen LogP contribution in [-0.2, 0) is 4.79 Å². The molecule has 0 unspecified atom stereocenters. The zero-order chi connectivity index (χ0) is 11.4. The Kier molecular flexibility index (Phi) is 4.37. The molecule has 0 spiro atoms. The van der Waals surface area contributed by atoms with E-state index >= 15 is 0 Å². The summed E-state index contributed by atoms with van der Waals surface area (Å²) in [5.41, 5.74) is 0.0989. The van der Waals surface area contributed by atoms with Crippen molar-refractivity contribution in [1.82, 2.24) is 5.32 Å². The second-order valence-electron chi connectivity index (χ2n) is 5.91. The van der Waals surface area contributed by atoms with Gasteiger partial charge in [-0.3, -0.25) is 4.79 Å². The molecule has 2 heteroatoms. The largest absolute Gasteiger partial charge is 0.348 e. The molecule has 82 valence electrons. The van der Waals surface area contributed by atoms with E-state index in [9.17, 15) is 4.79 Å². The highest BCUT2D eigenvalue weighted by molar-refractivity contribution is 5.87. The van der Waals surface area contributed by atoms with Gasteiger partial charge in [0.15, 0.2) is 0 Å². The number of carbonyl (C=O) groups is 1. The standard InChI is InChI=1S/C12H23NO/c1-11(2,3)9-7-8-10(14)13-12(4,5)6/h7-8H,9H2,1-6H3,(H,13,14)/b8-7+. The molecule has 0 atom stereocenters. The summed E-state index contributed by atoms with van der Waals surface area (Å²) in [4.78, 5) is 11.3. The number of amides is 1. The molecular formula is C12H23NO. The molecule has 0 heterocycles. The minimum absolute atomic E-state index is 0.0123. The van der Waals surface area contributed by atoms with Crippen molar-refractivity contribution in [2.75, 3.05) is 0 Å². The fraction of sp³-hybridized carbons (Fsp3) is 0.750. The van der Waals surface area contributed by atoms with Gasteiger partial charge in [-0.25, -0.2) is 0 Å². The van der Waals surface area contributed by atoms with E-state index in [0.29, 0.717) is 0 Å². The Morgan fingerprint density at radius 2 is 1.64 bits per heavy atom. The molecule has 0 bridgehead atoms. The van der Waals surface area contributed by atoms with Crippen LogP contribution in [0.3, 0.4) is 0 Å². The van der Waals surface area contributed by atoms with E-state index in [1.165, 1.54) is 0 Å². The second kappa shape index (κ2) is 4.63. The highest BCUT2D eigenvalue weighted by Gasteiger charge is 2.11. The molecule has 0 aliphatic carbocycles. The van der Waals surface area contributed by atoms with Crippen LogP contribution in [0.15, 0.2) is 12.2 Å². The summed E-state index contributed by atoms with van der Waals surface area (Å²) in [5, 5.41) is 2.88. The Balaban J connectivity index is 3.96. The number of allylic oxidation sites excluding steroid dienone is 1. The molecule has 1 amide bonds. The van der Waals surface area contributed by atoms with E-state index in [1.807, 2.05) is 26.8 Å². The Bertz CT molecular complexity index is 215. The number of rotatable bonds is 2. The van der Waals surface area contributed by atoms with Crippen LogP contribution in [0.2, 0.25) is 0 Å². The minimum atomic E-state index is -0.150. The van der Waals surface area contributed by atoms with Gasteiger partial charge >= 0.3 is 0 Å². The lowest BCUT2D eigenvalue weighted by Crippen LogP contribution is -2.39. The molecular weight excluding hydrogens is 174 g/mol. The van der Waals surface area contributed by atoms with Crippen LogP contribution in [0.25, 0.3) is 0 Å². The summed E-state index contributed by atoms with van der Waals surface area (Å²) in [6, 6.07) is 0. The average Bonchev–Trinajstić information content (AvgIpc) is 1.78. The Hall–Kier alpha value is -0.790. The topological polar surface area (TPSA) is 29.1 Å². The Morgan fingerprint density at radius 3 is 2.00 bits per heavy atom. The molecule has 0 rings (SSSR count). The van der Waals surface area contributed by atoms with Crippen molar-refractivity contribution in [1.29, 1.82) is 0 Å². The van der Waals surface area contributed by atoms with Gasteiger partial charge in [-0.1, -0.05) is 26.8 Å². The van der Waals surface area contributed by atoms with Gasteiger partial charge in [-0.2, -0.15) is 0 Å². The summed E-state index contributed by atoms with van der Waals surface area (Å²) in [7, 11) is 0. The molecule has 0 fully saturated rings. The molecule has 0 aliphatic heterocycles. The maximum atomic E-state index is 11.3. The fourth-order valence-electron chi connectivity index (χ4n) is 0.931. The highest BCUT2D eigenvalue weighted by Crippen LogP contribution is 2.18. The molecule has 0 saturated carbocycles.